The van der Waals surface area contributed by atoms with Crippen molar-refractivity contribution in [3.05, 3.63) is 17.0 Å². The number of rotatable bonds is 2. The molecule has 6 nitrogen and oxygen atoms in total. The van der Waals surface area contributed by atoms with Gasteiger partial charge in [-0.2, -0.15) is 5.10 Å². The van der Waals surface area contributed by atoms with Crippen LogP contribution < -0.4 is 5.32 Å². The van der Waals surface area contributed by atoms with Crippen molar-refractivity contribution in [2.45, 2.75) is 20.4 Å². The van der Waals surface area contributed by atoms with Gasteiger partial charge in [0.15, 0.2) is 0 Å². The van der Waals surface area contributed by atoms with Gasteiger partial charge in [0.1, 0.15) is 11.3 Å². The Labute approximate surface area is 92.6 Å². The predicted octanol–water partition coefficient (Wildman–Crippen LogP) is 0.112. The fourth-order valence-corrected chi connectivity index (χ4v) is 1.78. The minimum absolute atomic E-state index is 0.269. The molecule has 6 heteroatoms. The molecule has 0 spiro atoms. The predicted molar refractivity (Wildman–Crippen MR) is 55.3 cm³/mol. The lowest BCUT2D eigenvalue weighted by atomic mass is 10.1. The summed E-state index contributed by atoms with van der Waals surface area (Å²) in [5, 5.41) is 6.84. The van der Waals surface area contributed by atoms with Crippen molar-refractivity contribution in [2.24, 2.45) is 0 Å². The molecule has 0 bridgehead atoms. The summed E-state index contributed by atoms with van der Waals surface area (Å²) in [7, 11) is 0. The van der Waals surface area contributed by atoms with Gasteiger partial charge >= 0.3 is 5.97 Å². The van der Waals surface area contributed by atoms with Gasteiger partial charge in [0.05, 0.1) is 18.8 Å². The molecule has 0 fully saturated rings. The molecule has 2 rings (SSSR count). The Morgan fingerprint density at radius 2 is 2.38 bits per heavy atom. The Bertz CT molecular complexity index is 450. The molecule has 1 amide bonds. The number of carbonyl (C=O) groups is 2. The second-order valence-corrected chi connectivity index (χ2v) is 3.51. The molecule has 0 aromatic carbocycles. The third-order valence-corrected chi connectivity index (χ3v) is 2.43. The van der Waals surface area contributed by atoms with Crippen LogP contribution in [0.25, 0.3) is 0 Å². The molecule has 2 heterocycles. The molecule has 0 atom stereocenters. The highest BCUT2D eigenvalue weighted by atomic mass is 16.5. The van der Waals surface area contributed by atoms with Gasteiger partial charge in [-0.05, 0) is 13.8 Å². The van der Waals surface area contributed by atoms with Gasteiger partial charge in [-0.15, -0.1) is 0 Å². The lowest BCUT2D eigenvalue weighted by molar-refractivity contribution is 0.0521. The second-order valence-electron chi connectivity index (χ2n) is 3.51. The Morgan fingerprint density at radius 3 is 3.06 bits per heavy atom. The van der Waals surface area contributed by atoms with Crippen molar-refractivity contribution in [3.8, 4) is 0 Å². The summed E-state index contributed by atoms with van der Waals surface area (Å²) in [6.07, 6.45) is 0. The summed E-state index contributed by atoms with van der Waals surface area (Å²) in [5.41, 5.74) is 1.12. The average Bonchev–Trinajstić information content (AvgIpc) is 2.56. The van der Waals surface area contributed by atoms with Crippen LogP contribution >= 0.6 is 0 Å². The monoisotopic (exact) mass is 223 g/mol. The highest BCUT2D eigenvalue weighted by molar-refractivity contribution is 6.05. The van der Waals surface area contributed by atoms with E-state index in [1.54, 1.807) is 18.5 Å². The van der Waals surface area contributed by atoms with Gasteiger partial charge < -0.3 is 10.1 Å². The molecule has 1 aliphatic rings. The largest absolute Gasteiger partial charge is 0.462 e. The molecule has 0 unspecified atom stereocenters. The summed E-state index contributed by atoms with van der Waals surface area (Å²) < 4.78 is 6.47. The highest BCUT2D eigenvalue weighted by Crippen LogP contribution is 2.17. The van der Waals surface area contributed by atoms with Gasteiger partial charge in [0.2, 0.25) is 0 Å². The molecule has 0 aliphatic carbocycles. The maximum Gasteiger partial charge on any atom is 0.342 e. The maximum atomic E-state index is 11.7. The third-order valence-electron chi connectivity index (χ3n) is 2.43. The number of fused-ring (bicyclic) bond motifs is 1. The zero-order valence-electron chi connectivity index (χ0n) is 9.24. The van der Waals surface area contributed by atoms with E-state index in [1.807, 2.05) is 0 Å². The molecular formula is C10H13N3O3. The van der Waals surface area contributed by atoms with Gasteiger partial charge in [-0.25, -0.2) is 4.79 Å². The van der Waals surface area contributed by atoms with E-state index >= 15 is 0 Å². The Morgan fingerprint density at radius 1 is 1.62 bits per heavy atom. The van der Waals surface area contributed by atoms with Crippen LogP contribution in [0.4, 0.5) is 0 Å². The van der Waals surface area contributed by atoms with Crippen molar-refractivity contribution in [2.75, 3.05) is 13.2 Å². The molecule has 1 N–H and O–H groups in total. The van der Waals surface area contributed by atoms with E-state index in [2.05, 4.69) is 10.4 Å². The van der Waals surface area contributed by atoms with Gasteiger partial charge in [0, 0.05) is 6.54 Å². The summed E-state index contributed by atoms with van der Waals surface area (Å²) in [4.78, 5) is 23.3. The molecule has 0 radical (unpaired) electrons. The van der Waals surface area contributed by atoms with Crippen LogP contribution in [0.1, 0.15) is 33.5 Å². The van der Waals surface area contributed by atoms with Crippen molar-refractivity contribution in [1.82, 2.24) is 15.1 Å². The summed E-state index contributed by atoms with van der Waals surface area (Å²) in [6, 6.07) is 0. The number of carbonyl (C=O) groups excluding carboxylic acids is 2. The number of aryl methyl sites for hydroxylation is 1. The number of hydrogen-bond acceptors (Lipinski definition) is 4. The topological polar surface area (TPSA) is 73.2 Å². The summed E-state index contributed by atoms with van der Waals surface area (Å²) in [5.74, 6) is -0.756. The van der Waals surface area contributed by atoms with Crippen LogP contribution in [-0.4, -0.2) is 34.8 Å². The van der Waals surface area contributed by atoms with Crippen LogP contribution in [0.3, 0.4) is 0 Å². The Hall–Kier alpha value is -1.85. The van der Waals surface area contributed by atoms with E-state index in [-0.39, 0.29) is 18.1 Å². The Balaban J connectivity index is 2.48. The van der Waals surface area contributed by atoms with Crippen molar-refractivity contribution in [1.29, 1.82) is 0 Å². The number of nitrogens with one attached hydrogen (secondary N) is 1. The zero-order chi connectivity index (χ0) is 11.7. The van der Waals surface area contributed by atoms with E-state index in [4.69, 9.17) is 4.74 Å². The highest BCUT2D eigenvalue weighted by Gasteiger charge is 2.29. The van der Waals surface area contributed by atoms with E-state index in [0.29, 0.717) is 24.5 Å². The minimum atomic E-state index is -0.488. The summed E-state index contributed by atoms with van der Waals surface area (Å²) >= 11 is 0. The first-order chi connectivity index (χ1) is 7.65. The molecule has 1 aliphatic heterocycles. The molecular weight excluding hydrogens is 210 g/mol. The molecule has 0 saturated carbocycles. The number of esters is 1. The van der Waals surface area contributed by atoms with E-state index < -0.39 is 5.97 Å². The number of nitrogens with zero attached hydrogens (tertiary/aromatic N) is 2. The van der Waals surface area contributed by atoms with Crippen LogP contribution in [0.5, 0.6) is 0 Å². The lowest BCUT2D eigenvalue weighted by Crippen LogP contribution is -2.36. The van der Waals surface area contributed by atoms with E-state index in [0.717, 1.165) is 0 Å². The first kappa shape index (κ1) is 10.7. The quantitative estimate of drug-likeness (QED) is 0.722. The van der Waals surface area contributed by atoms with Gasteiger partial charge in [0.25, 0.3) is 5.91 Å². The second kappa shape index (κ2) is 3.96. The maximum absolute atomic E-state index is 11.7. The number of hydrogen-bond donors (Lipinski definition) is 1. The zero-order valence-corrected chi connectivity index (χ0v) is 9.24. The van der Waals surface area contributed by atoms with Gasteiger partial charge in [-0.1, -0.05) is 0 Å². The molecule has 1 aromatic rings. The van der Waals surface area contributed by atoms with Crippen molar-refractivity contribution >= 4 is 11.9 Å². The van der Waals surface area contributed by atoms with Crippen LogP contribution in [0, 0.1) is 6.92 Å². The van der Waals surface area contributed by atoms with E-state index in [9.17, 15) is 9.59 Å². The fraction of sp³-hybridized carbons (Fsp3) is 0.500. The smallest absolute Gasteiger partial charge is 0.342 e. The normalized spacial score (nSPS) is 14.2. The van der Waals surface area contributed by atoms with Crippen LogP contribution in [0.2, 0.25) is 0 Å². The van der Waals surface area contributed by atoms with Crippen LogP contribution in [-0.2, 0) is 11.3 Å². The third kappa shape index (κ3) is 1.56. The SMILES string of the molecule is CCOC(=O)c1c(C)nn2c1C(=O)NCC2. The molecule has 1 aromatic heterocycles. The first-order valence-corrected chi connectivity index (χ1v) is 5.18. The molecule has 86 valence electrons. The van der Waals surface area contributed by atoms with E-state index in [1.165, 1.54) is 0 Å². The number of amides is 1. The number of ether oxygens (including phenoxy) is 1. The number of aromatic nitrogens is 2. The fourth-order valence-electron chi connectivity index (χ4n) is 1.78. The minimum Gasteiger partial charge on any atom is -0.462 e. The first-order valence-electron chi connectivity index (χ1n) is 5.18. The standard InChI is InChI=1S/C10H13N3O3/c1-3-16-10(15)7-6(2)12-13-5-4-11-9(14)8(7)13/h3-5H2,1-2H3,(H,11,14). The van der Waals surface area contributed by atoms with Crippen molar-refractivity contribution in [3.63, 3.8) is 0 Å². The average molecular weight is 223 g/mol. The lowest BCUT2D eigenvalue weighted by Gasteiger charge is -2.14. The van der Waals surface area contributed by atoms with Gasteiger partial charge in [-0.3, -0.25) is 9.48 Å². The molecule has 16 heavy (non-hydrogen) atoms. The van der Waals surface area contributed by atoms with Crippen molar-refractivity contribution < 1.29 is 14.3 Å². The Kier molecular flexibility index (Phi) is 2.64. The molecule has 0 saturated heterocycles. The van der Waals surface area contributed by atoms with Crippen LogP contribution in [0.15, 0.2) is 0 Å². The summed E-state index contributed by atoms with van der Waals surface area (Å²) in [6.45, 7) is 4.83.